The number of aryl methyl sites for hydroxylation is 2. The molecule has 0 atom stereocenters. The lowest BCUT2D eigenvalue weighted by Gasteiger charge is -2.02. The van der Waals surface area contributed by atoms with Crippen molar-refractivity contribution in [2.45, 2.75) is 26.2 Å². The summed E-state index contributed by atoms with van der Waals surface area (Å²) < 4.78 is 1.22. The second kappa shape index (κ2) is 6.98. The predicted octanol–water partition coefficient (Wildman–Crippen LogP) is 3.35. The number of amides is 1. The van der Waals surface area contributed by atoms with E-state index in [0.717, 1.165) is 34.1 Å². The van der Waals surface area contributed by atoms with E-state index in [9.17, 15) is 4.79 Å². The zero-order valence-electron chi connectivity index (χ0n) is 12.3. The summed E-state index contributed by atoms with van der Waals surface area (Å²) in [5.74, 6) is 0.0367. The van der Waals surface area contributed by atoms with Crippen LogP contribution in [0.15, 0.2) is 29.6 Å². The topological polar surface area (TPSA) is 54.9 Å². The monoisotopic (exact) mass is 331 g/mol. The lowest BCUT2D eigenvalue weighted by atomic mass is 10.3. The Balaban J connectivity index is 1.42. The van der Waals surface area contributed by atoms with E-state index in [2.05, 4.69) is 21.4 Å². The van der Waals surface area contributed by atoms with Gasteiger partial charge in [0.05, 0.1) is 32.3 Å². The summed E-state index contributed by atoms with van der Waals surface area (Å²) in [6.07, 6.45) is 2.17. The van der Waals surface area contributed by atoms with Crippen LogP contribution in [0.4, 0.5) is 0 Å². The summed E-state index contributed by atoms with van der Waals surface area (Å²) in [4.78, 5) is 20.7. The summed E-state index contributed by atoms with van der Waals surface area (Å²) in [6, 6.07) is 8.16. The number of nitrogens with zero attached hydrogens (tertiary/aromatic N) is 2. The fourth-order valence-corrected chi connectivity index (χ4v) is 3.83. The molecule has 4 nitrogen and oxygen atoms in total. The Bertz CT molecular complexity index is 745. The molecule has 3 aromatic rings. The van der Waals surface area contributed by atoms with Crippen molar-refractivity contribution in [3.63, 3.8) is 0 Å². The minimum Gasteiger partial charge on any atom is -0.356 e. The minimum absolute atomic E-state index is 0.0367. The average molecular weight is 331 g/mol. The number of aromatic nitrogens is 2. The highest BCUT2D eigenvalue weighted by molar-refractivity contribution is 7.18. The largest absolute Gasteiger partial charge is 0.356 e. The van der Waals surface area contributed by atoms with Gasteiger partial charge in [-0.2, -0.15) is 0 Å². The third-order valence-electron chi connectivity index (χ3n) is 3.24. The van der Waals surface area contributed by atoms with Crippen LogP contribution in [0.25, 0.3) is 10.2 Å². The number of nitrogens with one attached hydrogen (secondary N) is 1. The minimum atomic E-state index is 0.0367. The van der Waals surface area contributed by atoms with Gasteiger partial charge in [-0.05, 0) is 25.5 Å². The van der Waals surface area contributed by atoms with Crippen LogP contribution in [0.1, 0.15) is 22.1 Å². The molecule has 0 radical (unpaired) electrons. The normalized spacial score (nSPS) is 11.0. The van der Waals surface area contributed by atoms with Gasteiger partial charge in [0.15, 0.2) is 0 Å². The first kappa shape index (κ1) is 15.1. The molecule has 1 amide bonds. The molecule has 1 N–H and O–H groups in total. The van der Waals surface area contributed by atoms with E-state index in [1.807, 2.05) is 30.5 Å². The Labute approximate surface area is 137 Å². The van der Waals surface area contributed by atoms with Crippen molar-refractivity contribution in [1.29, 1.82) is 0 Å². The summed E-state index contributed by atoms with van der Waals surface area (Å²) >= 11 is 3.31. The number of thiazole rings is 2. The van der Waals surface area contributed by atoms with E-state index in [1.165, 1.54) is 4.70 Å². The molecule has 0 spiro atoms. The van der Waals surface area contributed by atoms with E-state index in [-0.39, 0.29) is 5.91 Å². The number of benzene rings is 1. The van der Waals surface area contributed by atoms with E-state index in [1.54, 1.807) is 22.7 Å². The molecule has 2 aromatic heterocycles. The van der Waals surface area contributed by atoms with Crippen molar-refractivity contribution >= 4 is 38.8 Å². The number of carbonyl (C=O) groups excluding carboxylic acids is 1. The third kappa shape index (κ3) is 3.90. The number of carbonyl (C=O) groups is 1. The molecule has 0 unspecified atom stereocenters. The standard InChI is InChI=1S/C16H17N3OS2/c1-11-18-12(10-21-11)9-15(20)17-8-4-7-16-19-13-5-2-3-6-14(13)22-16/h2-3,5-6,10H,4,7-9H2,1H3,(H,17,20). The van der Waals surface area contributed by atoms with E-state index >= 15 is 0 Å². The first-order valence-corrected chi connectivity index (χ1v) is 8.92. The molecule has 1 aromatic carbocycles. The molecule has 0 aliphatic carbocycles. The number of fused-ring (bicyclic) bond motifs is 1. The number of hydrogen-bond donors (Lipinski definition) is 1. The van der Waals surface area contributed by atoms with Crippen LogP contribution < -0.4 is 5.32 Å². The van der Waals surface area contributed by atoms with Crippen molar-refractivity contribution in [2.75, 3.05) is 6.54 Å². The number of rotatable bonds is 6. The van der Waals surface area contributed by atoms with Crippen LogP contribution in [0, 0.1) is 6.92 Å². The summed E-state index contributed by atoms with van der Waals surface area (Å²) in [6.45, 7) is 2.63. The van der Waals surface area contributed by atoms with Crippen molar-refractivity contribution in [3.8, 4) is 0 Å². The quantitative estimate of drug-likeness (QED) is 0.705. The molecule has 0 bridgehead atoms. The average Bonchev–Trinajstić information content (AvgIpc) is 3.09. The van der Waals surface area contributed by atoms with Crippen molar-refractivity contribution in [2.24, 2.45) is 0 Å². The molecule has 0 saturated heterocycles. The third-order valence-corrected chi connectivity index (χ3v) is 5.15. The van der Waals surface area contributed by atoms with Crippen LogP contribution in [-0.4, -0.2) is 22.4 Å². The van der Waals surface area contributed by atoms with Crippen LogP contribution in [0.3, 0.4) is 0 Å². The maximum absolute atomic E-state index is 11.8. The SMILES string of the molecule is Cc1nc(CC(=O)NCCCc2nc3ccccc3s2)cs1. The first-order chi connectivity index (χ1) is 10.7. The molecule has 0 saturated carbocycles. The molecule has 0 fully saturated rings. The Kier molecular flexibility index (Phi) is 4.80. The lowest BCUT2D eigenvalue weighted by molar-refractivity contribution is -0.120. The maximum Gasteiger partial charge on any atom is 0.226 e. The lowest BCUT2D eigenvalue weighted by Crippen LogP contribution is -2.26. The van der Waals surface area contributed by atoms with Gasteiger partial charge in [0, 0.05) is 18.3 Å². The second-order valence-corrected chi connectivity index (χ2v) is 7.24. The summed E-state index contributed by atoms with van der Waals surface area (Å²) in [7, 11) is 0. The molecule has 0 aliphatic heterocycles. The number of hydrogen-bond acceptors (Lipinski definition) is 5. The fraction of sp³-hybridized carbons (Fsp3) is 0.312. The van der Waals surface area contributed by atoms with Gasteiger partial charge in [-0.1, -0.05) is 12.1 Å². The van der Waals surface area contributed by atoms with Crippen LogP contribution in [0.2, 0.25) is 0 Å². The Hall–Kier alpha value is -1.79. The molecular weight excluding hydrogens is 314 g/mol. The van der Waals surface area contributed by atoms with Gasteiger partial charge in [0.1, 0.15) is 0 Å². The van der Waals surface area contributed by atoms with E-state index in [0.29, 0.717) is 13.0 Å². The van der Waals surface area contributed by atoms with Gasteiger partial charge in [-0.25, -0.2) is 9.97 Å². The van der Waals surface area contributed by atoms with E-state index < -0.39 is 0 Å². The van der Waals surface area contributed by atoms with Crippen molar-refractivity contribution < 1.29 is 4.79 Å². The van der Waals surface area contributed by atoms with Gasteiger partial charge < -0.3 is 5.32 Å². The number of para-hydroxylation sites is 1. The van der Waals surface area contributed by atoms with Crippen LogP contribution >= 0.6 is 22.7 Å². The van der Waals surface area contributed by atoms with Gasteiger partial charge in [0.2, 0.25) is 5.91 Å². The zero-order valence-corrected chi connectivity index (χ0v) is 14.0. The summed E-state index contributed by atoms with van der Waals surface area (Å²) in [5.41, 5.74) is 1.91. The van der Waals surface area contributed by atoms with Crippen LogP contribution in [-0.2, 0) is 17.6 Å². The highest BCUT2D eigenvalue weighted by atomic mass is 32.1. The molecule has 3 rings (SSSR count). The maximum atomic E-state index is 11.8. The Morgan fingerprint density at radius 2 is 2.14 bits per heavy atom. The Morgan fingerprint density at radius 1 is 1.27 bits per heavy atom. The zero-order chi connectivity index (χ0) is 15.4. The van der Waals surface area contributed by atoms with Gasteiger partial charge in [-0.3, -0.25) is 4.79 Å². The predicted molar refractivity (Wildman–Crippen MR) is 91.5 cm³/mol. The highest BCUT2D eigenvalue weighted by Crippen LogP contribution is 2.22. The molecular formula is C16H17N3OS2. The molecule has 2 heterocycles. The molecule has 0 aliphatic rings. The van der Waals surface area contributed by atoms with Crippen molar-refractivity contribution in [1.82, 2.24) is 15.3 Å². The first-order valence-electron chi connectivity index (χ1n) is 7.23. The highest BCUT2D eigenvalue weighted by Gasteiger charge is 2.06. The van der Waals surface area contributed by atoms with Gasteiger partial charge in [-0.15, -0.1) is 22.7 Å². The molecule has 114 valence electrons. The molecule has 22 heavy (non-hydrogen) atoms. The van der Waals surface area contributed by atoms with Gasteiger partial charge in [0.25, 0.3) is 0 Å². The van der Waals surface area contributed by atoms with E-state index in [4.69, 9.17) is 0 Å². The summed E-state index contributed by atoms with van der Waals surface area (Å²) in [5, 5.41) is 7.02. The fourth-order valence-electron chi connectivity index (χ4n) is 2.21. The Morgan fingerprint density at radius 3 is 2.91 bits per heavy atom. The van der Waals surface area contributed by atoms with Gasteiger partial charge >= 0.3 is 0 Å². The second-order valence-electron chi connectivity index (χ2n) is 5.06. The smallest absolute Gasteiger partial charge is 0.226 e. The van der Waals surface area contributed by atoms with Crippen molar-refractivity contribution in [3.05, 3.63) is 45.4 Å². The molecule has 6 heteroatoms. The van der Waals surface area contributed by atoms with Crippen LogP contribution in [0.5, 0.6) is 0 Å².